The van der Waals surface area contributed by atoms with Crippen LogP contribution >= 0.6 is 0 Å². The van der Waals surface area contributed by atoms with Crippen LogP contribution in [-0.2, 0) is 4.79 Å². The summed E-state index contributed by atoms with van der Waals surface area (Å²) >= 11 is 0. The third kappa shape index (κ3) is 5.01. The van der Waals surface area contributed by atoms with Crippen molar-refractivity contribution in [1.29, 1.82) is 0 Å². The van der Waals surface area contributed by atoms with Gasteiger partial charge in [-0.1, -0.05) is 19.8 Å². The molecule has 3 unspecified atom stereocenters. The second-order valence-corrected chi connectivity index (χ2v) is 5.45. The van der Waals surface area contributed by atoms with Crippen molar-refractivity contribution in [3.8, 4) is 0 Å². The second kappa shape index (κ2) is 7.12. The van der Waals surface area contributed by atoms with Crippen molar-refractivity contribution < 1.29 is 18.0 Å². The van der Waals surface area contributed by atoms with Gasteiger partial charge >= 0.3 is 6.18 Å². The summed E-state index contributed by atoms with van der Waals surface area (Å²) in [6.07, 6.45) is -2.58. The molecule has 1 amide bonds. The van der Waals surface area contributed by atoms with Crippen molar-refractivity contribution in [3.63, 3.8) is 0 Å². The van der Waals surface area contributed by atoms with Crippen molar-refractivity contribution in [3.05, 3.63) is 0 Å². The summed E-state index contributed by atoms with van der Waals surface area (Å²) in [5.74, 6) is -2.61. The van der Waals surface area contributed by atoms with Gasteiger partial charge in [-0.15, -0.1) is 0 Å². The first-order valence-electron chi connectivity index (χ1n) is 6.85. The number of nitrogens with one attached hydrogen (secondary N) is 2. The summed E-state index contributed by atoms with van der Waals surface area (Å²) < 4.78 is 38.6. The van der Waals surface area contributed by atoms with Gasteiger partial charge in [0.2, 0.25) is 5.91 Å². The minimum atomic E-state index is -4.26. The molecule has 1 aliphatic rings. The highest BCUT2D eigenvalue weighted by Gasteiger charge is 2.47. The molecule has 0 heterocycles. The molecular formula is C13H23F3N2O. The zero-order valence-electron chi connectivity index (χ0n) is 11.5. The first-order chi connectivity index (χ1) is 8.86. The largest absolute Gasteiger partial charge is 0.392 e. The van der Waals surface area contributed by atoms with Crippen LogP contribution in [0.3, 0.4) is 0 Å². The van der Waals surface area contributed by atoms with E-state index in [2.05, 4.69) is 10.6 Å². The van der Waals surface area contributed by atoms with Gasteiger partial charge in [-0.3, -0.25) is 4.79 Å². The Morgan fingerprint density at radius 1 is 1.26 bits per heavy atom. The van der Waals surface area contributed by atoms with Gasteiger partial charge in [0.25, 0.3) is 0 Å². The molecular weight excluding hydrogens is 257 g/mol. The Labute approximate surface area is 112 Å². The quantitative estimate of drug-likeness (QED) is 0.811. The highest BCUT2D eigenvalue weighted by molar-refractivity contribution is 5.79. The van der Waals surface area contributed by atoms with E-state index in [9.17, 15) is 18.0 Å². The molecule has 1 rings (SSSR count). The lowest BCUT2D eigenvalue weighted by molar-refractivity contribution is -0.198. The smallest absolute Gasteiger partial charge is 0.356 e. The molecule has 0 aromatic carbocycles. The van der Waals surface area contributed by atoms with Gasteiger partial charge in [0, 0.05) is 12.5 Å². The number of carbonyl (C=O) groups excluding carboxylic acids is 1. The fraction of sp³-hybridized carbons (Fsp3) is 0.923. The van der Waals surface area contributed by atoms with E-state index in [1.807, 2.05) is 6.92 Å². The van der Waals surface area contributed by atoms with Crippen LogP contribution in [-0.4, -0.2) is 32.2 Å². The van der Waals surface area contributed by atoms with E-state index >= 15 is 0 Å². The minimum absolute atomic E-state index is 0.0770. The third-order valence-electron chi connectivity index (χ3n) is 3.70. The van der Waals surface area contributed by atoms with Gasteiger partial charge < -0.3 is 10.6 Å². The fourth-order valence-electron chi connectivity index (χ4n) is 2.66. The SMILES string of the molecule is CNCC(C)CNC(=O)C1CCCCC1C(F)(F)F. The monoisotopic (exact) mass is 280 g/mol. The summed E-state index contributed by atoms with van der Waals surface area (Å²) in [7, 11) is 1.80. The number of carbonyl (C=O) groups is 1. The number of hydrogen-bond acceptors (Lipinski definition) is 2. The summed E-state index contributed by atoms with van der Waals surface area (Å²) in [6.45, 7) is 3.09. The lowest BCUT2D eigenvalue weighted by atomic mass is 9.78. The van der Waals surface area contributed by atoms with Crippen LogP contribution in [0.5, 0.6) is 0 Å². The van der Waals surface area contributed by atoms with E-state index in [4.69, 9.17) is 0 Å². The van der Waals surface area contributed by atoms with Gasteiger partial charge in [0.15, 0.2) is 0 Å². The molecule has 1 saturated carbocycles. The Kier molecular flexibility index (Phi) is 6.10. The summed E-state index contributed by atoms with van der Waals surface area (Å²) in [4.78, 5) is 11.9. The van der Waals surface area contributed by atoms with Crippen LogP contribution in [0.1, 0.15) is 32.6 Å². The van der Waals surface area contributed by atoms with Crippen LogP contribution < -0.4 is 10.6 Å². The van der Waals surface area contributed by atoms with E-state index in [1.54, 1.807) is 7.05 Å². The van der Waals surface area contributed by atoms with Gasteiger partial charge in [0.1, 0.15) is 0 Å². The molecule has 0 saturated heterocycles. The van der Waals surface area contributed by atoms with Crippen molar-refractivity contribution in [2.45, 2.75) is 38.8 Å². The molecule has 0 aliphatic heterocycles. The maximum Gasteiger partial charge on any atom is 0.392 e. The van der Waals surface area contributed by atoms with Crippen molar-refractivity contribution >= 4 is 5.91 Å². The van der Waals surface area contributed by atoms with Crippen LogP contribution in [0, 0.1) is 17.8 Å². The molecule has 0 bridgehead atoms. The lowest BCUT2D eigenvalue weighted by Crippen LogP contribution is -2.44. The average molecular weight is 280 g/mol. The Hall–Kier alpha value is -0.780. The zero-order valence-corrected chi connectivity index (χ0v) is 11.5. The van der Waals surface area contributed by atoms with Crippen molar-refractivity contribution in [2.24, 2.45) is 17.8 Å². The van der Waals surface area contributed by atoms with Gasteiger partial charge in [-0.25, -0.2) is 0 Å². The zero-order chi connectivity index (χ0) is 14.5. The van der Waals surface area contributed by atoms with E-state index < -0.39 is 23.9 Å². The molecule has 0 aromatic heterocycles. The molecule has 112 valence electrons. The lowest BCUT2D eigenvalue weighted by Gasteiger charge is -2.32. The molecule has 0 aromatic rings. The van der Waals surface area contributed by atoms with Crippen LogP contribution in [0.15, 0.2) is 0 Å². The number of halogens is 3. The standard InChI is InChI=1S/C13H23F3N2O/c1-9(7-17-2)8-18-12(19)10-5-3-4-6-11(10)13(14,15)16/h9-11,17H,3-8H2,1-2H3,(H,18,19). The first kappa shape index (κ1) is 16.3. The average Bonchev–Trinajstić information content (AvgIpc) is 2.35. The maximum atomic E-state index is 12.9. The number of alkyl halides is 3. The Morgan fingerprint density at radius 2 is 1.89 bits per heavy atom. The second-order valence-electron chi connectivity index (χ2n) is 5.45. The van der Waals surface area contributed by atoms with Gasteiger partial charge in [-0.2, -0.15) is 13.2 Å². The highest BCUT2D eigenvalue weighted by atomic mass is 19.4. The van der Waals surface area contributed by atoms with E-state index in [1.165, 1.54) is 0 Å². The molecule has 1 fully saturated rings. The minimum Gasteiger partial charge on any atom is -0.356 e. The van der Waals surface area contributed by atoms with Gasteiger partial charge in [0.05, 0.1) is 5.92 Å². The molecule has 2 N–H and O–H groups in total. The summed E-state index contributed by atoms with van der Waals surface area (Å²) in [6, 6.07) is 0. The molecule has 6 heteroatoms. The fourth-order valence-corrected chi connectivity index (χ4v) is 2.66. The Bertz CT molecular complexity index is 294. The predicted octanol–water partition coefficient (Wildman–Crippen LogP) is 2.33. The topological polar surface area (TPSA) is 41.1 Å². The number of amides is 1. The highest BCUT2D eigenvalue weighted by Crippen LogP contribution is 2.41. The maximum absolute atomic E-state index is 12.9. The molecule has 1 aliphatic carbocycles. The molecule has 0 radical (unpaired) electrons. The predicted molar refractivity (Wildman–Crippen MR) is 67.6 cm³/mol. The van der Waals surface area contributed by atoms with Crippen LogP contribution in [0.4, 0.5) is 13.2 Å². The van der Waals surface area contributed by atoms with Crippen molar-refractivity contribution in [1.82, 2.24) is 10.6 Å². The Balaban J connectivity index is 2.53. The molecule has 3 nitrogen and oxygen atoms in total. The molecule has 3 atom stereocenters. The molecule has 19 heavy (non-hydrogen) atoms. The summed E-state index contributed by atoms with van der Waals surface area (Å²) in [5.41, 5.74) is 0. The van der Waals surface area contributed by atoms with E-state index in [0.717, 1.165) is 6.54 Å². The normalized spacial score (nSPS) is 25.9. The van der Waals surface area contributed by atoms with E-state index in [-0.39, 0.29) is 12.3 Å². The van der Waals surface area contributed by atoms with Gasteiger partial charge in [-0.05, 0) is 32.4 Å². The Morgan fingerprint density at radius 3 is 2.47 bits per heavy atom. The molecule has 0 spiro atoms. The number of rotatable bonds is 5. The summed E-state index contributed by atoms with van der Waals surface area (Å²) in [5, 5.41) is 5.63. The van der Waals surface area contributed by atoms with Crippen LogP contribution in [0.25, 0.3) is 0 Å². The van der Waals surface area contributed by atoms with Crippen molar-refractivity contribution in [2.75, 3.05) is 20.1 Å². The van der Waals surface area contributed by atoms with Crippen LogP contribution in [0.2, 0.25) is 0 Å². The first-order valence-corrected chi connectivity index (χ1v) is 6.85. The third-order valence-corrected chi connectivity index (χ3v) is 3.70. The number of hydrogen-bond donors (Lipinski definition) is 2. The van der Waals surface area contributed by atoms with E-state index in [0.29, 0.717) is 25.8 Å².